The van der Waals surface area contributed by atoms with Crippen LogP contribution < -0.4 is 16.4 Å². The second-order valence-corrected chi connectivity index (χ2v) is 7.70. The molecular formula is C23H23F4N7O. The fraction of sp³-hybridized carbons (Fsp3) is 0.217. The first-order chi connectivity index (χ1) is 16.5. The number of amidine groups is 1. The first-order valence-electron chi connectivity index (χ1n) is 10.3. The molecule has 0 fully saturated rings. The number of amides is 2. The highest BCUT2D eigenvalue weighted by molar-refractivity contribution is 6.07. The van der Waals surface area contributed by atoms with Gasteiger partial charge in [-0.25, -0.2) is 18.9 Å². The van der Waals surface area contributed by atoms with E-state index < -0.39 is 29.3 Å². The molecule has 184 valence electrons. The molecule has 12 heteroatoms. The molecule has 3 rings (SSSR count). The number of carbonyl (C=O) groups is 1. The summed E-state index contributed by atoms with van der Waals surface area (Å²) < 4.78 is 54.2. The van der Waals surface area contributed by atoms with Gasteiger partial charge in [0.05, 0.1) is 16.8 Å². The van der Waals surface area contributed by atoms with Gasteiger partial charge in [-0.15, -0.1) is 0 Å². The van der Waals surface area contributed by atoms with E-state index in [0.717, 1.165) is 0 Å². The monoisotopic (exact) mass is 489 g/mol. The number of hydrogen-bond donors (Lipinski definition) is 3. The topological polar surface area (TPSA) is 110 Å². The Morgan fingerprint density at radius 1 is 1.14 bits per heavy atom. The van der Waals surface area contributed by atoms with Gasteiger partial charge >= 0.3 is 12.2 Å². The Balaban J connectivity index is 1.85. The van der Waals surface area contributed by atoms with Crippen molar-refractivity contribution in [1.82, 2.24) is 9.78 Å². The van der Waals surface area contributed by atoms with Crippen molar-refractivity contribution >= 4 is 35.8 Å². The number of alkyl halides is 3. The minimum Gasteiger partial charge on any atom is -0.383 e. The van der Waals surface area contributed by atoms with Crippen LogP contribution in [0.4, 0.5) is 39.5 Å². The van der Waals surface area contributed by atoms with Crippen molar-refractivity contribution in [3.8, 4) is 11.3 Å². The van der Waals surface area contributed by atoms with Crippen LogP contribution >= 0.6 is 0 Å². The molecule has 8 nitrogen and oxygen atoms in total. The molecule has 35 heavy (non-hydrogen) atoms. The third-order valence-electron chi connectivity index (χ3n) is 4.98. The number of hydrogen-bond acceptors (Lipinski definition) is 4. The van der Waals surface area contributed by atoms with Crippen LogP contribution in [0.3, 0.4) is 0 Å². The Labute approximate surface area is 198 Å². The van der Waals surface area contributed by atoms with Crippen LogP contribution in [-0.2, 0) is 6.18 Å². The lowest BCUT2D eigenvalue weighted by molar-refractivity contribution is -0.137. The van der Waals surface area contributed by atoms with E-state index in [-0.39, 0.29) is 11.9 Å². The molecule has 0 unspecified atom stereocenters. The summed E-state index contributed by atoms with van der Waals surface area (Å²) in [5.41, 5.74) is 6.37. The van der Waals surface area contributed by atoms with Crippen molar-refractivity contribution in [2.45, 2.75) is 26.1 Å². The Bertz CT molecular complexity index is 1280. The molecular weight excluding hydrogens is 466 g/mol. The molecule has 0 bridgehead atoms. The first kappa shape index (κ1) is 25.4. The van der Waals surface area contributed by atoms with Crippen molar-refractivity contribution in [3.63, 3.8) is 0 Å². The van der Waals surface area contributed by atoms with Gasteiger partial charge in [0.2, 0.25) is 0 Å². The average Bonchev–Trinajstić information content (AvgIpc) is 3.19. The normalized spacial score (nSPS) is 12.1. The summed E-state index contributed by atoms with van der Waals surface area (Å²) >= 11 is 0. The lowest BCUT2D eigenvalue weighted by atomic mass is 10.1. The smallest absolute Gasteiger partial charge is 0.383 e. The van der Waals surface area contributed by atoms with E-state index in [1.54, 1.807) is 28.9 Å². The zero-order valence-electron chi connectivity index (χ0n) is 19.1. The lowest BCUT2D eigenvalue weighted by Crippen LogP contribution is -2.20. The maximum Gasteiger partial charge on any atom is 0.416 e. The summed E-state index contributed by atoms with van der Waals surface area (Å²) in [7, 11) is 1.54. The lowest BCUT2D eigenvalue weighted by Gasteiger charge is -2.12. The number of benzene rings is 2. The van der Waals surface area contributed by atoms with Crippen LogP contribution in [0.15, 0.2) is 52.4 Å². The Morgan fingerprint density at radius 2 is 1.80 bits per heavy atom. The molecule has 0 atom stereocenters. The van der Waals surface area contributed by atoms with E-state index in [2.05, 4.69) is 32.4 Å². The van der Waals surface area contributed by atoms with Crippen LogP contribution in [0.2, 0.25) is 0 Å². The van der Waals surface area contributed by atoms with E-state index in [9.17, 15) is 22.4 Å². The van der Waals surface area contributed by atoms with Crippen molar-refractivity contribution in [2.75, 3.05) is 17.7 Å². The summed E-state index contributed by atoms with van der Waals surface area (Å²) in [5, 5.41) is 9.13. The van der Waals surface area contributed by atoms with E-state index in [0.29, 0.717) is 46.5 Å². The minimum absolute atomic E-state index is 0.0338. The molecule has 2 aromatic carbocycles. The highest BCUT2D eigenvalue weighted by Gasteiger charge is 2.31. The van der Waals surface area contributed by atoms with Crippen molar-refractivity contribution < 1.29 is 22.4 Å². The molecule has 2 amide bonds. The molecule has 0 spiro atoms. The van der Waals surface area contributed by atoms with Gasteiger partial charge in [-0.1, -0.05) is 12.1 Å². The molecule has 0 radical (unpaired) electrons. The number of nitrogens with one attached hydrogen (secondary N) is 2. The molecule has 0 aliphatic rings. The van der Waals surface area contributed by atoms with Gasteiger partial charge < -0.3 is 16.4 Å². The number of anilines is 2. The second-order valence-electron chi connectivity index (χ2n) is 7.70. The maximum atomic E-state index is 13.9. The van der Waals surface area contributed by atoms with Gasteiger partial charge in [0.25, 0.3) is 0 Å². The first-order valence-corrected chi connectivity index (χ1v) is 10.3. The number of aliphatic imine (C=N–C) groups is 2. The van der Waals surface area contributed by atoms with Crippen LogP contribution in [0, 0.1) is 5.82 Å². The van der Waals surface area contributed by atoms with Crippen molar-refractivity contribution in [2.24, 2.45) is 15.7 Å². The quantitative estimate of drug-likeness (QED) is 0.238. The van der Waals surface area contributed by atoms with Gasteiger partial charge in [-0.3, -0.25) is 4.99 Å². The number of nitrogens with two attached hydrogens (primary N) is 1. The minimum atomic E-state index is -4.68. The highest BCUT2D eigenvalue weighted by Crippen LogP contribution is 2.34. The summed E-state index contributed by atoms with van der Waals surface area (Å²) in [4.78, 5) is 20.4. The van der Waals surface area contributed by atoms with Crippen molar-refractivity contribution in [1.29, 1.82) is 0 Å². The molecule has 3 aromatic rings. The SMILES string of the molecule is C=Nc1c(C(N)=NC)c(-c2ccc(NC(=O)Nc3cc(C(F)(F)F)ccc3F)cc2)nn1C(C)C. The number of aromatic nitrogens is 2. The number of carbonyl (C=O) groups excluding carboxylic acids is 1. The molecule has 4 N–H and O–H groups in total. The summed E-state index contributed by atoms with van der Waals surface area (Å²) in [6.45, 7) is 7.45. The number of rotatable bonds is 6. The molecule has 0 aliphatic carbocycles. The predicted octanol–water partition coefficient (Wildman–Crippen LogP) is 5.60. The standard InChI is InChI=1S/C23H23F4N7O/c1-12(2)34-21(30-4)18(20(28)29-3)19(33-34)13-5-8-15(9-6-13)31-22(35)32-17-11-14(23(25,26)27)7-10-16(17)24/h5-12H,4H2,1-3H3,(H2,28,29)(H2,31,32,35). The van der Waals surface area contributed by atoms with Gasteiger partial charge in [0.15, 0.2) is 5.82 Å². The Kier molecular flexibility index (Phi) is 7.22. The Morgan fingerprint density at radius 3 is 2.34 bits per heavy atom. The van der Waals surface area contributed by atoms with E-state index >= 15 is 0 Å². The molecule has 0 saturated heterocycles. The third-order valence-corrected chi connectivity index (χ3v) is 4.98. The number of urea groups is 1. The molecule has 0 saturated carbocycles. The van der Waals surface area contributed by atoms with Crippen LogP contribution in [0.25, 0.3) is 11.3 Å². The summed E-state index contributed by atoms with van der Waals surface area (Å²) in [6.07, 6.45) is -4.68. The Hall–Kier alpha value is -4.22. The van der Waals surface area contributed by atoms with Crippen molar-refractivity contribution in [3.05, 3.63) is 59.4 Å². The third kappa shape index (κ3) is 5.48. The molecule has 0 aliphatic heterocycles. The molecule has 1 aromatic heterocycles. The number of halogens is 4. The summed E-state index contributed by atoms with van der Waals surface area (Å²) in [5.74, 6) is -0.319. The van der Waals surface area contributed by atoms with Gasteiger partial charge in [0, 0.05) is 24.3 Å². The number of nitrogens with zero attached hydrogens (tertiary/aromatic N) is 4. The fourth-order valence-electron chi connectivity index (χ4n) is 3.28. The van der Waals surface area contributed by atoms with Crippen LogP contribution in [0.1, 0.15) is 31.0 Å². The van der Waals surface area contributed by atoms with E-state index in [1.165, 1.54) is 7.05 Å². The van der Waals surface area contributed by atoms with Gasteiger partial charge in [-0.2, -0.15) is 18.3 Å². The van der Waals surface area contributed by atoms with E-state index in [4.69, 9.17) is 5.73 Å². The highest BCUT2D eigenvalue weighted by atomic mass is 19.4. The fourth-order valence-corrected chi connectivity index (χ4v) is 3.28. The maximum absolute atomic E-state index is 13.9. The van der Waals surface area contributed by atoms with Crippen LogP contribution in [-0.4, -0.2) is 35.4 Å². The second kappa shape index (κ2) is 9.95. The zero-order valence-corrected chi connectivity index (χ0v) is 19.1. The largest absolute Gasteiger partial charge is 0.416 e. The predicted molar refractivity (Wildman–Crippen MR) is 128 cm³/mol. The molecule has 1 heterocycles. The van der Waals surface area contributed by atoms with Crippen LogP contribution in [0.5, 0.6) is 0 Å². The van der Waals surface area contributed by atoms with E-state index in [1.807, 2.05) is 13.8 Å². The average molecular weight is 489 g/mol. The summed E-state index contributed by atoms with van der Waals surface area (Å²) in [6, 6.07) is 7.23. The zero-order chi connectivity index (χ0) is 25.9. The van der Waals surface area contributed by atoms with Gasteiger partial charge in [0.1, 0.15) is 17.3 Å². The van der Waals surface area contributed by atoms with Gasteiger partial charge in [-0.05, 0) is 50.9 Å².